The summed E-state index contributed by atoms with van der Waals surface area (Å²) in [5.74, 6) is 0.597. The van der Waals surface area contributed by atoms with Crippen LogP contribution in [0, 0.1) is 0 Å². The van der Waals surface area contributed by atoms with Gasteiger partial charge in [0, 0.05) is 16.5 Å². The molecule has 36 heavy (non-hydrogen) atoms. The first-order valence-corrected chi connectivity index (χ1v) is 12.7. The topological polar surface area (TPSA) is 51.2 Å². The molecule has 0 fully saturated rings. The van der Waals surface area contributed by atoms with E-state index in [2.05, 4.69) is 35.6 Å². The Labute approximate surface area is 214 Å². The second-order valence-corrected chi connectivity index (χ2v) is 9.57. The Hall–Kier alpha value is -4.22. The summed E-state index contributed by atoms with van der Waals surface area (Å²) in [5.41, 5.74) is 4.18. The molecule has 5 aromatic rings. The van der Waals surface area contributed by atoms with Crippen LogP contribution in [0.5, 0.6) is 5.75 Å². The first-order valence-electron chi connectivity index (χ1n) is 11.8. The minimum atomic E-state index is -0.205. The van der Waals surface area contributed by atoms with Crippen LogP contribution in [-0.2, 0) is 4.79 Å². The predicted molar refractivity (Wildman–Crippen MR) is 150 cm³/mol. The SMILES string of the molecule is CC(C)Oc1ccc(/C=C(/C(=O)Nc2nc(-c3ccc4ccccc4c3)cs2)c2ccccc2)cc1. The molecule has 1 N–H and O–H groups in total. The summed E-state index contributed by atoms with van der Waals surface area (Å²) in [6.07, 6.45) is 2.00. The number of hydrogen-bond donors (Lipinski definition) is 1. The molecule has 0 spiro atoms. The second-order valence-electron chi connectivity index (χ2n) is 8.71. The maximum absolute atomic E-state index is 13.4. The highest BCUT2D eigenvalue weighted by atomic mass is 32.1. The van der Waals surface area contributed by atoms with Crippen molar-refractivity contribution in [2.45, 2.75) is 20.0 Å². The standard InChI is InChI=1S/C31H26N2O2S/c1-21(2)35-27-16-12-22(13-17-27)18-28(24-9-4-3-5-10-24)30(34)33-31-32-29(20-36-31)26-15-14-23-8-6-7-11-25(23)19-26/h3-21H,1-2H3,(H,32,33,34)/b28-18+. The monoisotopic (exact) mass is 490 g/mol. The van der Waals surface area contributed by atoms with Crippen molar-refractivity contribution in [2.75, 3.05) is 5.32 Å². The fourth-order valence-corrected chi connectivity index (χ4v) is 4.67. The number of fused-ring (bicyclic) bond motifs is 1. The lowest BCUT2D eigenvalue weighted by Gasteiger charge is -2.10. The Morgan fingerprint density at radius 3 is 2.36 bits per heavy atom. The summed E-state index contributed by atoms with van der Waals surface area (Å²) in [4.78, 5) is 18.1. The van der Waals surface area contributed by atoms with Gasteiger partial charge < -0.3 is 4.74 Å². The van der Waals surface area contributed by atoms with Gasteiger partial charge in [-0.2, -0.15) is 0 Å². The molecular weight excluding hydrogens is 464 g/mol. The fraction of sp³-hybridized carbons (Fsp3) is 0.0968. The van der Waals surface area contributed by atoms with Gasteiger partial charge in [-0.15, -0.1) is 11.3 Å². The van der Waals surface area contributed by atoms with Gasteiger partial charge >= 0.3 is 0 Å². The van der Waals surface area contributed by atoms with Crippen molar-refractivity contribution in [3.63, 3.8) is 0 Å². The maximum Gasteiger partial charge on any atom is 0.258 e. The first kappa shape index (κ1) is 23.5. The molecule has 0 atom stereocenters. The number of aromatic nitrogens is 1. The molecule has 0 aliphatic carbocycles. The minimum Gasteiger partial charge on any atom is -0.491 e. The van der Waals surface area contributed by atoms with E-state index in [1.54, 1.807) is 0 Å². The van der Waals surface area contributed by atoms with Crippen LogP contribution in [0.1, 0.15) is 25.0 Å². The molecule has 0 aliphatic heterocycles. The Balaban J connectivity index is 1.40. The smallest absolute Gasteiger partial charge is 0.258 e. The van der Waals surface area contributed by atoms with Crippen molar-refractivity contribution < 1.29 is 9.53 Å². The van der Waals surface area contributed by atoms with Gasteiger partial charge in [-0.1, -0.05) is 78.9 Å². The van der Waals surface area contributed by atoms with E-state index in [4.69, 9.17) is 9.72 Å². The molecule has 5 rings (SSSR count). The van der Waals surface area contributed by atoms with Crippen molar-refractivity contribution in [1.29, 1.82) is 0 Å². The van der Waals surface area contributed by atoms with E-state index in [-0.39, 0.29) is 12.0 Å². The zero-order valence-electron chi connectivity index (χ0n) is 20.1. The summed E-state index contributed by atoms with van der Waals surface area (Å²) in [6.45, 7) is 3.99. The van der Waals surface area contributed by atoms with E-state index in [1.807, 2.05) is 92.0 Å². The molecule has 5 heteroatoms. The number of rotatable bonds is 7. The van der Waals surface area contributed by atoms with Crippen LogP contribution in [0.4, 0.5) is 5.13 Å². The lowest BCUT2D eigenvalue weighted by molar-refractivity contribution is -0.111. The molecule has 1 amide bonds. The van der Waals surface area contributed by atoms with E-state index < -0.39 is 0 Å². The number of anilines is 1. The Bertz CT molecular complexity index is 1520. The highest BCUT2D eigenvalue weighted by Gasteiger charge is 2.15. The fourth-order valence-electron chi connectivity index (χ4n) is 3.96. The molecule has 0 radical (unpaired) electrons. The van der Waals surface area contributed by atoms with Crippen molar-refractivity contribution in [3.05, 3.63) is 114 Å². The van der Waals surface area contributed by atoms with Gasteiger partial charge in [-0.3, -0.25) is 10.1 Å². The van der Waals surface area contributed by atoms with Gasteiger partial charge in [0.2, 0.25) is 0 Å². The highest BCUT2D eigenvalue weighted by molar-refractivity contribution is 7.14. The van der Waals surface area contributed by atoms with E-state index >= 15 is 0 Å². The number of benzene rings is 4. The van der Waals surface area contributed by atoms with Gasteiger partial charge in [0.15, 0.2) is 5.13 Å². The quantitative estimate of drug-likeness (QED) is 0.186. The average Bonchev–Trinajstić information content (AvgIpc) is 3.36. The van der Waals surface area contributed by atoms with Crippen LogP contribution >= 0.6 is 11.3 Å². The number of nitrogens with zero attached hydrogens (tertiary/aromatic N) is 1. The number of nitrogens with one attached hydrogen (secondary N) is 1. The molecule has 0 aliphatic rings. The van der Waals surface area contributed by atoms with Crippen molar-refractivity contribution in [1.82, 2.24) is 4.98 Å². The third-order valence-electron chi connectivity index (χ3n) is 5.66. The Morgan fingerprint density at radius 1 is 0.889 bits per heavy atom. The number of carbonyl (C=O) groups is 1. The summed E-state index contributed by atoms with van der Waals surface area (Å²) < 4.78 is 5.74. The van der Waals surface area contributed by atoms with E-state index in [0.717, 1.165) is 33.5 Å². The van der Waals surface area contributed by atoms with E-state index in [0.29, 0.717) is 10.7 Å². The van der Waals surface area contributed by atoms with Crippen LogP contribution in [0.25, 0.3) is 33.7 Å². The van der Waals surface area contributed by atoms with Crippen LogP contribution in [0.15, 0.2) is 102 Å². The average molecular weight is 491 g/mol. The van der Waals surface area contributed by atoms with Gasteiger partial charge in [0.05, 0.1) is 11.8 Å². The molecule has 0 unspecified atom stereocenters. The summed E-state index contributed by atoms with van der Waals surface area (Å²) in [6, 6.07) is 31.9. The zero-order chi connectivity index (χ0) is 24.9. The number of amides is 1. The molecule has 0 saturated heterocycles. The zero-order valence-corrected chi connectivity index (χ0v) is 21.0. The predicted octanol–water partition coefficient (Wildman–Crippen LogP) is 7.93. The van der Waals surface area contributed by atoms with Gasteiger partial charge in [-0.25, -0.2) is 4.98 Å². The molecule has 0 bridgehead atoms. The molecule has 4 aromatic carbocycles. The summed E-state index contributed by atoms with van der Waals surface area (Å²) >= 11 is 1.42. The first-order chi connectivity index (χ1) is 17.5. The number of thiazole rings is 1. The largest absolute Gasteiger partial charge is 0.491 e. The third kappa shape index (κ3) is 5.53. The number of carbonyl (C=O) groups excluding carboxylic acids is 1. The molecule has 178 valence electrons. The Kier molecular flexibility index (Phi) is 6.92. The van der Waals surface area contributed by atoms with Crippen molar-refractivity contribution in [3.8, 4) is 17.0 Å². The molecule has 0 saturated carbocycles. The summed E-state index contributed by atoms with van der Waals surface area (Å²) in [7, 11) is 0. The highest BCUT2D eigenvalue weighted by Crippen LogP contribution is 2.29. The lowest BCUT2D eigenvalue weighted by atomic mass is 10.0. The summed E-state index contributed by atoms with van der Waals surface area (Å²) in [5, 5.41) is 7.88. The molecule has 1 aromatic heterocycles. The Morgan fingerprint density at radius 2 is 1.61 bits per heavy atom. The second kappa shape index (κ2) is 10.6. The van der Waals surface area contributed by atoms with Crippen LogP contribution < -0.4 is 10.1 Å². The van der Waals surface area contributed by atoms with Crippen molar-refractivity contribution >= 4 is 44.8 Å². The maximum atomic E-state index is 13.4. The van der Waals surface area contributed by atoms with E-state index in [9.17, 15) is 4.79 Å². The van der Waals surface area contributed by atoms with Crippen LogP contribution in [0.2, 0.25) is 0 Å². The third-order valence-corrected chi connectivity index (χ3v) is 6.42. The van der Waals surface area contributed by atoms with Gasteiger partial charge in [0.25, 0.3) is 5.91 Å². The van der Waals surface area contributed by atoms with Gasteiger partial charge in [0.1, 0.15) is 5.75 Å². The number of hydrogen-bond acceptors (Lipinski definition) is 4. The normalized spacial score (nSPS) is 11.6. The lowest BCUT2D eigenvalue weighted by Crippen LogP contribution is -2.13. The van der Waals surface area contributed by atoms with Gasteiger partial charge in [-0.05, 0) is 60.0 Å². The molecule has 1 heterocycles. The van der Waals surface area contributed by atoms with Crippen LogP contribution in [-0.4, -0.2) is 17.0 Å². The molecular formula is C31H26N2O2S. The van der Waals surface area contributed by atoms with Crippen molar-refractivity contribution in [2.24, 2.45) is 0 Å². The number of ether oxygens (including phenoxy) is 1. The van der Waals surface area contributed by atoms with Crippen LogP contribution in [0.3, 0.4) is 0 Å². The minimum absolute atomic E-state index is 0.106. The van der Waals surface area contributed by atoms with E-state index in [1.165, 1.54) is 16.7 Å². The molecule has 4 nitrogen and oxygen atoms in total.